The fraction of sp³-hybridized carbons (Fsp3) is 0.312. The molecule has 0 radical (unpaired) electrons. The largest absolute Gasteiger partial charge is 0.480 e. The number of aromatic nitrogens is 2. The second kappa shape index (κ2) is 8.21. The highest BCUT2D eigenvalue weighted by atomic mass is 16.6. The van der Waals surface area contributed by atoms with Crippen LogP contribution >= 0.6 is 0 Å². The number of ether oxygens (including phenoxy) is 1. The van der Waals surface area contributed by atoms with Crippen molar-refractivity contribution in [1.82, 2.24) is 15.1 Å². The van der Waals surface area contributed by atoms with Gasteiger partial charge in [-0.15, -0.1) is 0 Å². The average molecular weight is 362 g/mol. The van der Waals surface area contributed by atoms with Crippen LogP contribution in [0.4, 0.5) is 5.69 Å². The van der Waals surface area contributed by atoms with Crippen molar-refractivity contribution in [1.29, 1.82) is 0 Å². The van der Waals surface area contributed by atoms with Crippen molar-refractivity contribution in [2.45, 2.75) is 12.5 Å². The quantitative estimate of drug-likeness (QED) is 0.532. The lowest BCUT2D eigenvalue weighted by molar-refractivity contribution is -0.384. The summed E-state index contributed by atoms with van der Waals surface area (Å²) in [6, 6.07) is 4.48. The molecular formula is C16H18N4O6. The zero-order valence-corrected chi connectivity index (χ0v) is 14.2. The first-order valence-electron chi connectivity index (χ1n) is 7.64. The van der Waals surface area contributed by atoms with Gasteiger partial charge in [-0.2, -0.15) is 5.10 Å². The molecule has 0 spiro atoms. The summed E-state index contributed by atoms with van der Waals surface area (Å²) in [5.41, 5.74) is 0.895. The number of rotatable bonds is 8. The molecule has 0 saturated carbocycles. The van der Waals surface area contributed by atoms with Gasteiger partial charge in [-0.05, 0) is 12.1 Å². The first-order valence-corrected chi connectivity index (χ1v) is 7.64. The number of hydrogen-bond donors (Lipinski definition) is 2. The van der Waals surface area contributed by atoms with Gasteiger partial charge in [-0.3, -0.25) is 19.6 Å². The smallest absolute Gasteiger partial charge is 0.326 e. The zero-order valence-electron chi connectivity index (χ0n) is 14.2. The Labute approximate surface area is 148 Å². The Morgan fingerprint density at radius 1 is 1.38 bits per heavy atom. The highest BCUT2D eigenvalue weighted by molar-refractivity contribution is 6.01. The third kappa shape index (κ3) is 4.42. The first-order chi connectivity index (χ1) is 12.3. The molecule has 2 N–H and O–H groups in total. The minimum Gasteiger partial charge on any atom is -0.480 e. The number of non-ortho nitro benzene ring substituents is 1. The van der Waals surface area contributed by atoms with E-state index in [-0.39, 0.29) is 24.3 Å². The van der Waals surface area contributed by atoms with E-state index in [1.54, 1.807) is 7.05 Å². The fourth-order valence-electron chi connectivity index (χ4n) is 2.34. The number of carbonyl (C=O) groups excluding carboxylic acids is 1. The molecule has 2 aromatic rings. The van der Waals surface area contributed by atoms with Crippen LogP contribution in [-0.2, 0) is 16.6 Å². The van der Waals surface area contributed by atoms with Crippen molar-refractivity contribution in [3.8, 4) is 11.3 Å². The predicted octanol–water partition coefficient (Wildman–Crippen LogP) is 1.21. The van der Waals surface area contributed by atoms with Crippen molar-refractivity contribution < 1.29 is 24.4 Å². The molecule has 0 saturated heterocycles. The number of nitro groups is 1. The maximum absolute atomic E-state index is 12.5. The normalized spacial score (nSPS) is 11.8. The highest BCUT2D eigenvalue weighted by Crippen LogP contribution is 2.24. The van der Waals surface area contributed by atoms with E-state index in [1.807, 2.05) is 0 Å². The molecule has 0 aliphatic rings. The Hall–Kier alpha value is -3.27. The number of methoxy groups -OCH3 is 1. The molecule has 1 aromatic heterocycles. The lowest BCUT2D eigenvalue weighted by atomic mass is 10.1. The third-order valence-electron chi connectivity index (χ3n) is 3.64. The van der Waals surface area contributed by atoms with Crippen LogP contribution in [0.5, 0.6) is 0 Å². The number of carbonyl (C=O) groups is 2. The maximum Gasteiger partial charge on any atom is 0.326 e. The molecule has 10 heteroatoms. The van der Waals surface area contributed by atoms with E-state index < -0.39 is 22.8 Å². The highest BCUT2D eigenvalue weighted by Gasteiger charge is 2.24. The summed E-state index contributed by atoms with van der Waals surface area (Å²) >= 11 is 0. The second-order valence-corrected chi connectivity index (χ2v) is 5.51. The van der Waals surface area contributed by atoms with Gasteiger partial charge in [-0.1, -0.05) is 0 Å². The molecule has 1 aromatic carbocycles. The molecule has 1 amide bonds. The summed E-state index contributed by atoms with van der Waals surface area (Å²) in [6.07, 6.45) is 1.58. The number of nitro benzene ring substituents is 1. The van der Waals surface area contributed by atoms with Gasteiger partial charge in [0, 0.05) is 51.1 Å². The van der Waals surface area contributed by atoms with Crippen LogP contribution in [0.3, 0.4) is 0 Å². The predicted molar refractivity (Wildman–Crippen MR) is 90.7 cm³/mol. The van der Waals surface area contributed by atoms with Crippen molar-refractivity contribution >= 4 is 17.6 Å². The Morgan fingerprint density at radius 3 is 2.58 bits per heavy atom. The lowest BCUT2D eigenvalue weighted by Crippen LogP contribution is -2.41. The minimum atomic E-state index is -1.17. The van der Waals surface area contributed by atoms with Crippen LogP contribution in [0, 0.1) is 10.1 Å². The van der Waals surface area contributed by atoms with E-state index >= 15 is 0 Å². The SMILES string of the molecule is COCCC(NC(=O)c1cn(C)nc1-c1ccc([N+](=O)[O-])cc1)C(=O)O. The van der Waals surface area contributed by atoms with E-state index in [9.17, 15) is 24.8 Å². The molecular weight excluding hydrogens is 344 g/mol. The van der Waals surface area contributed by atoms with Crippen LogP contribution in [0.1, 0.15) is 16.8 Å². The maximum atomic E-state index is 12.5. The van der Waals surface area contributed by atoms with Gasteiger partial charge >= 0.3 is 5.97 Å². The Kier molecular flexibility index (Phi) is 6.02. The number of benzene rings is 1. The van der Waals surface area contributed by atoms with Gasteiger partial charge in [0.15, 0.2) is 0 Å². The number of hydrogen-bond acceptors (Lipinski definition) is 6. The number of aryl methyl sites for hydroxylation is 1. The fourth-order valence-corrected chi connectivity index (χ4v) is 2.34. The zero-order chi connectivity index (χ0) is 19.3. The Balaban J connectivity index is 2.28. The number of carboxylic acids is 1. The van der Waals surface area contributed by atoms with Crippen molar-refractivity contribution in [3.05, 3.63) is 46.1 Å². The lowest BCUT2D eigenvalue weighted by Gasteiger charge is -2.13. The summed E-state index contributed by atoms with van der Waals surface area (Å²) in [5, 5.41) is 26.6. The second-order valence-electron chi connectivity index (χ2n) is 5.51. The van der Waals surface area contributed by atoms with E-state index in [0.717, 1.165) is 0 Å². The summed E-state index contributed by atoms with van der Waals surface area (Å²) in [6.45, 7) is 0.180. The molecule has 1 heterocycles. The Morgan fingerprint density at radius 2 is 2.04 bits per heavy atom. The van der Waals surface area contributed by atoms with Gasteiger partial charge in [0.2, 0.25) is 0 Å². The summed E-state index contributed by atoms with van der Waals surface area (Å²) in [5.74, 6) is -1.77. The number of amides is 1. The molecule has 0 bridgehead atoms. The van der Waals surface area contributed by atoms with Gasteiger partial charge in [-0.25, -0.2) is 4.79 Å². The molecule has 1 atom stereocenters. The van der Waals surface area contributed by atoms with Crippen molar-refractivity contribution in [2.24, 2.45) is 7.05 Å². The van der Waals surface area contributed by atoms with Crippen LogP contribution in [-0.4, -0.2) is 51.4 Å². The number of nitrogens with zero attached hydrogens (tertiary/aromatic N) is 3. The summed E-state index contributed by atoms with van der Waals surface area (Å²) in [4.78, 5) is 34.0. The molecule has 2 rings (SSSR count). The van der Waals surface area contributed by atoms with Crippen LogP contribution < -0.4 is 5.32 Å². The van der Waals surface area contributed by atoms with Crippen molar-refractivity contribution in [3.63, 3.8) is 0 Å². The summed E-state index contributed by atoms with van der Waals surface area (Å²) in [7, 11) is 3.06. The molecule has 26 heavy (non-hydrogen) atoms. The van der Waals surface area contributed by atoms with Crippen molar-refractivity contribution in [2.75, 3.05) is 13.7 Å². The number of nitrogens with one attached hydrogen (secondary N) is 1. The van der Waals surface area contributed by atoms with E-state index in [2.05, 4.69) is 10.4 Å². The molecule has 138 valence electrons. The van der Waals surface area contributed by atoms with E-state index in [1.165, 1.54) is 42.3 Å². The number of aliphatic carboxylic acids is 1. The van der Waals surface area contributed by atoms with Gasteiger partial charge < -0.3 is 15.2 Å². The Bertz CT molecular complexity index is 815. The van der Waals surface area contributed by atoms with E-state index in [0.29, 0.717) is 11.3 Å². The molecule has 0 fully saturated rings. The monoisotopic (exact) mass is 362 g/mol. The van der Waals surface area contributed by atoms with Crippen LogP contribution in [0.25, 0.3) is 11.3 Å². The third-order valence-corrected chi connectivity index (χ3v) is 3.64. The topological polar surface area (TPSA) is 137 Å². The molecule has 0 aliphatic carbocycles. The molecule has 10 nitrogen and oxygen atoms in total. The summed E-state index contributed by atoms with van der Waals surface area (Å²) < 4.78 is 6.26. The van der Waals surface area contributed by atoms with Crippen LogP contribution in [0.2, 0.25) is 0 Å². The van der Waals surface area contributed by atoms with Gasteiger partial charge in [0.25, 0.3) is 11.6 Å². The molecule has 0 aliphatic heterocycles. The van der Waals surface area contributed by atoms with Gasteiger partial charge in [0.05, 0.1) is 10.5 Å². The first kappa shape index (κ1) is 19.1. The van der Waals surface area contributed by atoms with Crippen LogP contribution in [0.15, 0.2) is 30.5 Å². The number of carboxylic acid groups (broad SMARTS) is 1. The van der Waals surface area contributed by atoms with E-state index in [4.69, 9.17) is 4.74 Å². The standard InChI is InChI=1S/C16H18N4O6/c1-19-9-12(15(21)17-13(16(22)23)7-8-26-2)14(18-19)10-3-5-11(6-4-10)20(24)25/h3-6,9,13H,7-8H2,1-2H3,(H,17,21)(H,22,23). The van der Waals surface area contributed by atoms with Gasteiger partial charge in [0.1, 0.15) is 11.7 Å². The molecule has 1 unspecified atom stereocenters. The minimum absolute atomic E-state index is 0.0822. The average Bonchev–Trinajstić information content (AvgIpc) is 3.00.